The molecule has 0 bridgehead atoms. The van der Waals surface area contributed by atoms with Gasteiger partial charge in [-0.15, -0.1) is 0 Å². The molecule has 43 heavy (non-hydrogen) atoms. The normalized spacial score (nSPS) is 12.9. The smallest absolute Gasteiger partial charge is 0.115 e. The Morgan fingerprint density at radius 3 is 0.884 bits per heavy atom. The molecular formula is C40H87NSi2. The van der Waals surface area contributed by atoms with Crippen LogP contribution >= 0.6 is 0 Å². The molecule has 0 aliphatic carbocycles. The first-order valence-corrected chi connectivity index (χ1v) is 26.3. The summed E-state index contributed by atoms with van der Waals surface area (Å²) in [5.74, 6) is 0. The maximum atomic E-state index is 2.98. The second-order valence-electron chi connectivity index (χ2n) is 15.4. The van der Waals surface area contributed by atoms with E-state index in [-0.39, 0.29) is 0 Å². The topological polar surface area (TPSA) is 3.24 Å². The monoisotopic (exact) mass is 638 g/mol. The van der Waals surface area contributed by atoms with Gasteiger partial charge in [-0.25, -0.2) is 0 Å². The predicted octanol–water partition coefficient (Wildman–Crippen LogP) is 15.0. The third-order valence-electron chi connectivity index (χ3n) is 10.7. The molecule has 0 aromatic carbocycles. The van der Waals surface area contributed by atoms with Gasteiger partial charge < -0.3 is 4.23 Å². The number of hydrogen-bond donors (Lipinski definition) is 0. The Labute approximate surface area is 278 Å². The first kappa shape index (κ1) is 43.4. The molecule has 0 fully saturated rings. The molecule has 0 saturated carbocycles. The lowest BCUT2D eigenvalue weighted by atomic mass is 10.0. The molecule has 1 nitrogen and oxygen atoms in total. The molecule has 0 amide bonds. The van der Waals surface area contributed by atoms with Crippen molar-refractivity contribution in [1.82, 2.24) is 4.23 Å². The van der Waals surface area contributed by atoms with Crippen molar-refractivity contribution in [1.29, 1.82) is 0 Å². The largest absolute Gasteiger partial charge is 0.351 e. The molecule has 0 aromatic heterocycles. The molecule has 0 radical (unpaired) electrons. The summed E-state index contributed by atoms with van der Waals surface area (Å²) in [6.45, 7) is 12.6. The third-order valence-corrected chi connectivity index (χ3v) is 20.2. The SMILES string of the molecule is CCCCCCCCCCCCCCCCCC[SiH](C)N(C)[Si](C)(C)CCCCCCCCCCCCCCCCCC. The lowest BCUT2D eigenvalue weighted by Gasteiger charge is -2.38. The minimum atomic E-state index is -1.19. The van der Waals surface area contributed by atoms with Crippen LogP contribution in [-0.4, -0.2) is 28.5 Å². The lowest BCUT2D eigenvalue weighted by Crippen LogP contribution is -2.52. The van der Waals surface area contributed by atoms with Crippen molar-refractivity contribution in [3.05, 3.63) is 0 Å². The van der Waals surface area contributed by atoms with Crippen LogP contribution in [0, 0.1) is 0 Å². The van der Waals surface area contributed by atoms with Crippen LogP contribution in [0.5, 0.6) is 0 Å². The summed E-state index contributed by atoms with van der Waals surface area (Å²) < 4.78 is 2.98. The van der Waals surface area contributed by atoms with E-state index < -0.39 is 17.2 Å². The Balaban J connectivity index is 3.51. The van der Waals surface area contributed by atoms with Crippen LogP contribution in [0.15, 0.2) is 0 Å². The van der Waals surface area contributed by atoms with Crippen LogP contribution in [0.25, 0.3) is 0 Å². The fraction of sp³-hybridized carbons (Fsp3) is 1.00. The number of hydrogen-bond acceptors (Lipinski definition) is 1. The van der Waals surface area contributed by atoms with Gasteiger partial charge in [-0.3, -0.25) is 0 Å². The summed E-state index contributed by atoms with van der Waals surface area (Å²) in [5.41, 5.74) is 0. The third kappa shape index (κ3) is 30.8. The second-order valence-corrected chi connectivity index (χ2v) is 23.8. The molecule has 0 aliphatic rings. The van der Waals surface area contributed by atoms with Crippen LogP contribution in [-0.2, 0) is 0 Å². The van der Waals surface area contributed by atoms with Crippen molar-refractivity contribution in [3.8, 4) is 0 Å². The lowest BCUT2D eigenvalue weighted by molar-refractivity contribution is 0.530. The van der Waals surface area contributed by atoms with E-state index in [1.165, 1.54) is 212 Å². The highest BCUT2D eigenvalue weighted by atomic mass is 28.4. The van der Waals surface area contributed by atoms with Gasteiger partial charge in [0.25, 0.3) is 0 Å². The summed E-state index contributed by atoms with van der Waals surface area (Å²) >= 11 is 0. The zero-order chi connectivity index (χ0) is 31.7. The van der Waals surface area contributed by atoms with Crippen LogP contribution in [0.4, 0.5) is 0 Å². The molecule has 260 valence electrons. The van der Waals surface area contributed by atoms with E-state index in [1.807, 2.05) is 0 Å². The summed E-state index contributed by atoms with van der Waals surface area (Å²) in [5, 5.41) is 0. The Kier molecular flexibility index (Phi) is 34.1. The van der Waals surface area contributed by atoms with Crippen LogP contribution in [0.3, 0.4) is 0 Å². The van der Waals surface area contributed by atoms with Crippen molar-refractivity contribution >= 4 is 17.2 Å². The van der Waals surface area contributed by atoms with Gasteiger partial charge in [0.05, 0.1) is 0 Å². The van der Waals surface area contributed by atoms with E-state index in [0.29, 0.717) is 0 Å². The first-order valence-electron chi connectivity index (χ1n) is 20.7. The molecule has 0 aromatic rings. The highest BCUT2D eigenvalue weighted by Crippen LogP contribution is 2.23. The average Bonchev–Trinajstić information content (AvgIpc) is 3.00. The Morgan fingerprint density at radius 1 is 0.372 bits per heavy atom. The summed E-state index contributed by atoms with van der Waals surface area (Å²) in [7, 11) is 0.608. The average molecular weight is 638 g/mol. The van der Waals surface area contributed by atoms with E-state index in [2.05, 4.69) is 44.8 Å². The Morgan fingerprint density at radius 2 is 0.605 bits per heavy atom. The number of unbranched alkanes of at least 4 members (excludes halogenated alkanes) is 30. The molecule has 0 saturated heterocycles. The fourth-order valence-corrected chi connectivity index (χ4v) is 15.3. The minimum Gasteiger partial charge on any atom is -0.351 e. The van der Waals surface area contributed by atoms with E-state index in [1.54, 1.807) is 6.04 Å². The second kappa shape index (κ2) is 33.7. The quantitative estimate of drug-likeness (QED) is 0.0488. The molecule has 3 heteroatoms. The van der Waals surface area contributed by atoms with Gasteiger partial charge in [-0.1, -0.05) is 239 Å². The molecule has 0 rings (SSSR count). The van der Waals surface area contributed by atoms with Crippen molar-refractivity contribution < 1.29 is 0 Å². The van der Waals surface area contributed by atoms with Crippen molar-refractivity contribution in [2.75, 3.05) is 7.05 Å². The molecule has 0 spiro atoms. The summed E-state index contributed by atoms with van der Waals surface area (Å²) in [6, 6.07) is 3.07. The molecule has 0 N–H and O–H groups in total. The zero-order valence-electron chi connectivity index (χ0n) is 31.6. The Bertz CT molecular complexity index is 523. The highest BCUT2D eigenvalue weighted by molar-refractivity contribution is 6.83. The molecule has 1 atom stereocenters. The summed E-state index contributed by atoms with van der Waals surface area (Å²) in [4.78, 5) is 0. The number of nitrogens with zero attached hydrogens (tertiary/aromatic N) is 1. The maximum Gasteiger partial charge on any atom is 0.115 e. The van der Waals surface area contributed by atoms with Crippen LogP contribution in [0.1, 0.15) is 219 Å². The van der Waals surface area contributed by atoms with E-state index in [4.69, 9.17) is 0 Å². The van der Waals surface area contributed by atoms with Gasteiger partial charge in [0.2, 0.25) is 0 Å². The van der Waals surface area contributed by atoms with Gasteiger partial charge in [-0.05, 0) is 19.1 Å². The van der Waals surface area contributed by atoms with Crippen LogP contribution < -0.4 is 0 Å². The van der Waals surface area contributed by atoms with Gasteiger partial charge in [0.1, 0.15) is 17.2 Å². The fourth-order valence-electron chi connectivity index (χ4n) is 7.06. The van der Waals surface area contributed by atoms with Gasteiger partial charge >= 0.3 is 0 Å². The van der Waals surface area contributed by atoms with Crippen LogP contribution in [0.2, 0.25) is 31.7 Å². The van der Waals surface area contributed by atoms with Gasteiger partial charge in [0.15, 0.2) is 0 Å². The molecule has 1 unspecified atom stereocenters. The standard InChI is InChI=1S/C40H87NSi2/c1-7-9-11-13-15-17-19-21-23-25-27-29-31-33-35-37-39-42(4)41(3)43(5,6)40-38-36-34-32-30-28-26-24-22-20-18-16-14-12-10-8-2/h42H,7-40H2,1-6H3. The van der Waals surface area contributed by atoms with E-state index >= 15 is 0 Å². The maximum absolute atomic E-state index is 2.98. The van der Waals surface area contributed by atoms with E-state index in [9.17, 15) is 0 Å². The summed E-state index contributed by atoms with van der Waals surface area (Å²) in [6.07, 6.45) is 47.2. The van der Waals surface area contributed by atoms with Gasteiger partial charge in [-0.2, -0.15) is 0 Å². The minimum absolute atomic E-state index is 0.715. The Hall–Kier alpha value is 0.394. The van der Waals surface area contributed by atoms with E-state index in [0.717, 1.165) is 0 Å². The molecule has 0 aliphatic heterocycles. The zero-order valence-corrected chi connectivity index (χ0v) is 33.7. The molecule has 0 heterocycles. The first-order chi connectivity index (χ1) is 21.0. The van der Waals surface area contributed by atoms with Gasteiger partial charge in [0, 0.05) is 0 Å². The van der Waals surface area contributed by atoms with Crippen molar-refractivity contribution in [2.24, 2.45) is 0 Å². The van der Waals surface area contributed by atoms with Crippen molar-refractivity contribution in [2.45, 2.75) is 251 Å². The predicted molar refractivity (Wildman–Crippen MR) is 207 cm³/mol. The highest BCUT2D eigenvalue weighted by Gasteiger charge is 2.29. The molecular weight excluding hydrogens is 551 g/mol. The number of rotatable bonds is 36. The van der Waals surface area contributed by atoms with Crippen molar-refractivity contribution in [3.63, 3.8) is 0 Å².